The second kappa shape index (κ2) is 5.24. The molecule has 0 aliphatic rings. The molecule has 0 saturated heterocycles. The molecule has 0 bridgehead atoms. The molecule has 0 unspecified atom stereocenters. The number of benzene rings is 1. The second-order valence-electron chi connectivity index (χ2n) is 4.59. The van der Waals surface area contributed by atoms with E-state index < -0.39 is 39.5 Å². The smallest absolute Gasteiger partial charge is 0.338 e. The minimum absolute atomic E-state index is 0.382. The number of hydrogen-bond acceptors (Lipinski definition) is 4. The summed E-state index contributed by atoms with van der Waals surface area (Å²) in [6, 6.07) is 2.45. The number of hydrogen-bond donors (Lipinski definition) is 3. The number of nitrogens with one attached hydrogen (secondary N) is 1. The molecule has 8 heteroatoms. The van der Waals surface area contributed by atoms with E-state index in [-0.39, 0.29) is 4.90 Å². The van der Waals surface area contributed by atoms with E-state index in [4.69, 9.17) is 10.2 Å². The van der Waals surface area contributed by atoms with Gasteiger partial charge in [-0.1, -0.05) is 0 Å². The zero-order valence-corrected chi connectivity index (χ0v) is 11.2. The lowest BCUT2D eigenvalue weighted by molar-refractivity contribution is 0.0691. The van der Waals surface area contributed by atoms with Gasteiger partial charge >= 0.3 is 5.97 Å². The van der Waals surface area contributed by atoms with E-state index in [1.165, 1.54) is 13.8 Å². The van der Waals surface area contributed by atoms with E-state index >= 15 is 0 Å². The van der Waals surface area contributed by atoms with Crippen LogP contribution in [0.3, 0.4) is 0 Å². The molecule has 1 rings (SSSR count). The van der Waals surface area contributed by atoms with Crippen LogP contribution in [0.4, 0.5) is 4.39 Å². The molecule has 0 fully saturated rings. The average molecular weight is 291 g/mol. The SMILES string of the molecule is CC(C)(CO)NS(=O)(=O)c1ccc(F)c(C(=O)O)c1. The van der Waals surface area contributed by atoms with E-state index in [0.717, 1.165) is 18.2 Å². The Morgan fingerprint density at radius 1 is 1.42 bits per heavy atom. The van der Waals surface area contributed by atoms with Gasteiger partial charge in [-0.25, -0.2) is 22.3 Å². The van der Waals surface area contributed by atoms with Crippen LogP contribution in [0.25, 0.3) is 0 Å². The number of aliphatic hydroxyl groups excluding tert-OH is 1. The monoisotopic (exact) mass is 291 g/mol. The lowest BCUT2D eigenvalue weighted by Gasteiger charge is -2.23. The molecular weight excluding hydrogens is 277 g/mol. The maximum Gasteiger partial charge on any atom is 0.338 e. The van der Waals surface area contributed by atoms with Crippen LogP contribution < -0.4 is 4.72 Å². The average Bonchev–Trinajstić information content (AvgIpc) is 2.27. The quantitative estimate of drug-likeness (QED) is 0.736. The summed E-state index contributed by atoms with van der Waals surface area (Å²) in [5.41, 5.74) is -1.85. The minimum atomic E-state index is -4.04. The van der Waals surface area contributed by atoms with Crippen molar-refractivity contribution in [1.82, 2.24) is 4.72 Å². The topological polar surface area (TPSA) is 104 Å². The summed E-state index contributed by atoms with van der Waals surface area (Å²) in [6.07, 6.45) is 0. The molecule has 1 aromatic carbocycles. The molecule has 0 aliphatic heterocycles. The maximum absolute atomic E-state index is 13.2. The Hall–Kier alpha value is -1.51. The van der Waals surface area contributed by atoms with Crippen LogP contribution in [0.1, 0.15) is 24.2 Å². The van der Waals surface area contributed by atoms with E-state index in [1.807, 2.05) is 0 Å². The van der Waals surface area contributed by atoms with Crippen molar-refractivity contribution < 1.29 is 27.8 Å². The Labute approximate surface area is 109 Å². The normalized spacial score (nSPS) is 12.4. The number of rotatable bonds is 5. The number of halogens is 1. The summed E-state index contributed by atoms with van der Waals surface area (Å²) in [4.78, 5) is 10.4. The van der Waals surface area contributed by atoms with E-state index in [1.54, 1.807) is 0 Å². The first-order valence-corrected chi connectivity index (χ1v) is 6.75. The van der Waals surface area contributed by atoms with Gasteiger partial charge in [0.1, 0.15) is 5.82 Å². The fourth-order valence-corrected chi connectivity index (χ4v) is 2.72. The van der Waals surface area contributed by atoms with Gasteiger partial charge in [-0.2, -0.15) is 0 Å². The van der Waals surface area contributed by atoms with E-state index in [9.17, 15) is 17.6 Å². The summed E-state index contributed by atoms with van der Waals surface area (Å²) < 4.78 is 39.3. The van der Waals surface area contributed by atoms with Gasteiger partial charge in [0.05, 0.1) is 22.6 Å². The third-order valence-corrected chi connectivity index (χ3v) is 3.98. The Morgan fingerprint density at radius 3 is 2.47 bits per heavy atom. The lowest BCUT2D eigenvalue weighted by Crippen LogP contribution is -2.46. The van der Waals surface area contributed by atoms with Gasteiger partial charge in [0.15, 0.2) is 0 Å². The number of aromatic carboxylic acids is 1. The number of aliphatic hydroxyl groups is 1. The lowest BCUT2D eigenvalue weighted by atomic mass is 10.1. The molecule has 0 aromatic heterocycles. The van der Waals surface area contributed by atoms with Gasteiger partial charge < -0.3 is 10.2 Å². The van der Waals surface area contributed by atoms with E-state index in [0.29, 0.717) is 0 Å². The van der Waals surface area contributed by atoms with Crippen LogP contribution in [-0.4, -0.2) is 36.7 Å². The van der Waals surface area contributed by atoms with Crippen molar-refractivity contribution in [3.8, 4) is 0 Å². The zero-order valence-electron chi connectivity index (χ0n) is 10.3. The first-order chi connectivity index (χ1) is 8.59. The van der Waals surface area contributed by atoms with Crippen molar-refractivity contribution in [2.75, 3.05) is 6.61 Å². The molecule has 0 amide bonds. The van der Waals surface area contributed by atoms with Crippen LogP contribution in [0.2, 0.25) is 0 Å². The Morgan fingerprint density at radius 2 is 2.00 bits per heavy atom. The predicted octanol–water partition coefficient (Wildman–Crippen LogP) is 0.573. The van der Waals surface area contributed by atoms with Crippen molar-refractivity contribution >= 4 is 16.0 Å². The Balaban J connectivity index is 3.23. The second-order valence-corrected chi connectivity index (χ2v) is 6.28. The van der Waals surface area contributed by atoms with Gasteiger partial charge in [-0.05, 0) is 32.0 Å². The van der Waals surface area contributed by atoms with Crippen LogP contribution >= 0.6 is 0 Å². The fourth-order valence-electron chi connectivity index (χ4n) is 1.29. The number of sulfonamides is 1. The summed E-state index contributed by atoms with van der Waals surface area (Å²) in [7, 11) is -4.04. The highest BCUT2D eigenvalue weighted by Crippen LogP contribution is 2.17. The molecule has 0 spiro atoms. The predicted molar refractivity (Wildman–Crippen MR) is 64.8 cm³/mol. The van der Waals surface area contributed by atoms with Gasteiger partial charge in [0.25, 0.3) is 0 Å². The first kappa shape index (κ1) is 15.5. The molecule has 0 aliphatic carbocycles. The fraction of sp³-hybridized carbons (Fsp3) is 0.364. The van der Waals surface area contributed by atoms with Crippen molar-refractivity contribution in [2.45, 2.75) is 24.3 Å². The van der Waals surface area contributed by atoms with Crippen LogP contribution in [0, 0.1) is 5.82 Å². The molecule has 19 heavy (non-hydrogen) atoms. The highest BCUT2D eigenvalue weighted by molar-refractivity contribution is 7.89. The van der Waals surface area contributed by atoms with Crippen LogP contribution in [-0.2, 0) is 10.0 Å². The Kier molecular flexibility index (Phi) is 4.28. The van der Waals surface area contributed by atoms with Gasteiger partial charge in [-0.15, -0.1) is 0 Å². The highest BCUT2D eigenvalue weighted by atomic mass is 32.2. The summed E-state index contributed by atoms with van der Waals surface area (Å²) >= 11 is 0. The van der Waals surface area contributed by atoms with E-state index in [2.05, 4.69) is 4.72 Å². The van der Waals surface area contributed by atoms with Gasteiger partial charge in [0, 0.05) is 0 Å². The van der Waals surface area contributed by atoms with Crippen LogP contribution in [0.5, 0.6) is 0 Å². The minimum Gasteiger partial charge on any atom is -0.478 e. The van der Waals surface area contributed by atoms with Crippen molar-refractivity contribution in [2.24, 2.45) is 0 Å². The molecular formula is C11H14FNO5S. The Bertz CT molecular complexity index is 597. The molecule has 0 heterocycles. The van der Waals surface area contributed by atoms with Crippen molar-refractivity contribution in [1.29, 1.82) is 0 Å². The highest BCUT2D eigenvalue weighted by Gasteiger charge is 2.26. The summed E-state index contributed by atoms with van der Waals surface area (Å²) in [6.45, 7) is 2.46. The molecule has 1 aromatic rings. The van der Waals surface area contributed by atoms with Crippen molar-refractivity contribution in [3.05, 3.63) is 29.6 Å². The molecule has 106 valence electrons. The molecule has 0 radical (unpaired) electrons. The first-order valence-electron chi connectivity index (χ1n) is 5.27. The molecule has 3 N–H and O–H groups in total. The standard InChI is InChI=1S/C11H14FNO5S/c1-11(2,6-14)13-19(17,18)7-3-4-9(12)8(5-7)10(15)16/h3-5,13-14H,6H2,1-2H3,(H,15,16). The largest absolute Gasteiger partial charge is 0.478 e. The molecule has 0 atom stereocenters. The van der Waals surface area contributed by atoms with Gasteiger partial charge in [-0.3, -0.25) is 0 Å². The molecule has 6 nitrogen and oxygen atoms in total. The third kappa shape index (κ3) is 3.72. The van der Waals surface area contributed by atoms with Crippen molar-refractivity contribution in [3.63, 3.8) is 0 Å². The number of carbonyl (C=O) groups is 1. The third-order valence-electron chi connectivity index (χ3n) is 2.28. The summed E-state index contributed by atoms with van der Waals surface area (Å²) in [5, 5.41) is 17.7. The maximum atomic E-state index is 13.2. The van der Waals surface area contributed by atoms with Gasteiger partial charge in [0.2, 0.25) is 10.0 Å². The summed E-state index contributed by atoms with van der Waals surface area (Å²) in [5.74, 6) is -2.58. The zero-order chi connectivity index (χ0) is 14.8. The number of carboxylic acid groups (broad SMARTS) is 1. The number of carboxylic acids is 1. The van der Waals surface area contributed by atoms with Crippen LogP contribution in [0.15, 0.2) is 23.1 Å². The molecule has 0 saturated carbocycles.